The minimum atomic E-state index is -4.47. The molecule has 2 nitrogen and oxygen atoms in total. The highest BCUT2D eigenvalue weighted by Crippen LogP contribution is 2.16. The van der Waals surface area contributed by atoms with Crippen molar-refractivity contribution in [3.63, 3.8) is 0 Å². The molecule has 0 heterocycles. The van der Waals surface area contributed by atoms with Gasteiger partial charge in [-0.1, -0.05) is 19.1 Å². The third-order valence-electron chi connectivity index (χ3n) is 2.05. The van der Waals surface area contributed by atoms with Crippen molar-refractivity contribution in [1.29, 1.82) is 0 Å². The lowest BCUT2D eigenvalue weighted by atomic mass is 10.1. The van der Waals surface area contributed by atoms with Gasteiger partial charge in [-0.25, -0.2) is 0 Å². The predicted octanol–water partition coefficient (Wildman–Crippen LogP) is 3.31. The molecule has 1 aromatic rings. The molecule has 0 aliphatic carbocycles. The lowest BCUT2D eigenvalue weighted by molar-refractivity contribution is -0.112. The summed E-state index contributed by atoms with van der Waals surface area (Å²) in [7, 11) is 0. The maximum absolute atomic E-state index is 11.8. The maximum atomic E-state index is 11.8. The van der Waals surface area contributed by atoms with E-state index in [9.17, 15) is 18.0 Å². The van der Waals surface area contributed by atoms with Crippen LogP contribution < -0.4 is 5.32 Å². The van der Waals surface area contributed by atoms with Crippen LogP contribution in [-0.2, 0) is 11.2 Å². The standard InChI is InChI=1S/C12H12F3NO/c1-2-9-3-5-10(6-4-9)16-11(17)7-8-12(13,14)15/h3-8H,2H2,1H3,(H,16,17)/b8-7+. The van der Waals surface area contributed by atoms with Crippen molar-refractivity contribution in [2.24, 2.45) is 0 Å². The highest BCUT2D eigenvalue weighted by Gasteiger charge is 2.22. The quantitative estimate of drug-likeness (QED) is 0.811. The SMILES string of the molecule is CCc1ccc(NC(=O)/C=C/C(F)(F)F)cc1. The molecule has 0 unspecified atom stereocenters. The first-order valence-corrected chi connectivity index (χ1v) is 5.06. The first-order valence-electron chi connectivity index (χ1n) is 5.06. The van der Waals surface area contributed by atoms with E-state index in [4.69, 9.17) is 0 Å². The van der Waals surface area contributed by atoms with Gasteiger partial charge < -0.3 is 5.32 Å². The highest BCUT2D eigenvalue weighted by molar-refractivity contribution is 5.99. The smallest absolute Gasteiger partial charge is 0.323 e. The van der Waals surface area contributed by atoms with Crippen molar-refractivity contribution < 1.29 is 18.0 Å². The number of rotatable bonds is 3. The fourth-order valence-electron chi connectivity index (χ4n) is 1.18. The summed E-state index contributed by atoms with van der Waals surface area (Å²) in [5.74, 6) is -0.799. The van der Waals surface area contributed by atoms with E-state index >= 15 is 0 Å². The van der Waals surface area contributed by atoms with Crippen LogP contribution in [0.25, 0.3) is 0 Å². The molecule has 0 radical (unpaired) electrons. The summed E-state index contributed by atoms with van der Waals surface area (Å²) in [5, 5.41) is 2.34. The number of alkyl halides is 3. The Kier molecular flexibility index (Phi) is 4.31. The van der Waals surface area contributed by atoms with Crippen LogP contribution in [0.4, 0.5) is 18.9 Å². The largest absolute Gasteiger partial charge is 0.409 e. The molecule has 17 heavy (non-hydrogen) atoms. The van der Waals surface area contributed by atoms with Crippen molar-refractivity contribution in [2.75, 3.05) is 5.32 Å². The molecule has 0 aliphatic heterocycles. The number of amides is 1. The van der Waals surface area contributed by atoms with Gasteiger partial charge in [-0.3, -0.25) is 4.79 Å². The minimum absolute atomic E-state index is 0.0945. The zero-order valence-corrected chi connectivity index (χ0v) is 9.21. The van der Waals surface area contributed by atoms with Gasteiger partial charge in [0.05, 0.1) is 0 Å². The third-order valence-corrected chi connectivity index (χ3v) is 2.05. The van der Waals surface area contributed by atoms with Crippen LogP contribution in [0.15, 0.2) is 36.4 Å². The van der Waals surface area contributed by atoms with E-state index in [2.05, 4.69) is 5.32 Å². The molecule has 0 bridgehead atoms. The van der Waals surface area contributed by atoms with Gasteiger partial charge in [0.25, 0.3) is 0 Å². The van der Waals surface area contributed by atoms with Gasteiger partial charge >= 0.3 is 6.18 Å². The molecular formula is C12H12F3NO. The topological polar surface area (TPSA) is 29.1 Å². The minimum Gasteiger partial charge on any atom is -0.323 e. The first kappa shape index (κ1) is 13.3. The van der Waals surface area contributed by atoms with Crippen LogP contribution in [0.1, 0.15) is 12.5 Å². The molecule has 0 saturated carbocycles. The second-order valence-corrected chi connectivity index (χ2v) is 3.41. The summed E-state index contributed by atoms with van der Waals surface area (Å²) in [6.07, 6.45) is -3.23. The monoisotopic (exact) mass is 243 g/mol. The molecule has 0 aromatic heterocycles. The van der Waals surface area contributed by atoms with Crippen LogP contribution >= 0.6 is 0 Å². The second kappa shape index (κ2) is 5.52. The molecule has 0 spiro atoms. The molecule has 0 fully saturated rings. The van der Waals surface area contributed by atoms with Crippen molar-refractivity contribution in [3.8, 4) is 0 Å². The van der Waals surface area contributed by atoms with Crippen molar-refractivity contribution in [2.45, 2.75) is 19.5 Å². The normalized spacial score (nSPS) is 11.8. The number of carbonyl (C=O) groups is 1. The summed E-state index contributed by atoms with van der Waals surface area (Å²) in [4.78, 5) is 11.1. The average Bonchev–Trinajstić information content (AvgIpc) is 2.27. The Morgan fingerprint density at radius 1 is 1.29 bits per heavy atom. The lowest BCUT2D eigenvalue weighted by Gasteiger charge is -2.03. The molecular weight excluding hydrogens is 231 g/mol. The summed E-state index contributed by atoms with van der Waals surface area (Å²) < 4.78 is 35.4. The van der Waals surface area contributed by atoms with Crippen LogP contribution in [0.2, 0.25) is 0 Å². The van der Waals surface area contributed by atoms with Gasteiger partial charge in [-0.2, -0.15) is 13.2 Å². The Morgan fingerprint density at radius 2 is 1.88 bits per heavy atom. The van der Waals surface area contributed by atoms with Crippen molar-refractivity contribution in [3.05, 3.63) is 42.0 Å². The van der Waals surface area contributed by atoms with E-state index in [0.29, 0.717) is 11.8 Å². The summed E-state index contributed by atoms with van der Waals surface area (Å²) in [6, 6.07) is 6.92. The van der Waals surface area contributed by atoms with Crippen LogP contribution in [0, 0.1) is 0 Å². The summed E-state index contributed by atoms with van der Waals surface area (Å²) in [5.41, 5.74) is 1.56. The first-order chi connectivity index (χ1) is 7.90. The van der Waals surface area contributed by atoms with Gasteiger partial charge in [-0.15, -0.1) is 0 Å². The Balaban J connectivity index is 2.59. The van der Waals surface area contributed by atoms with Gasteiger partial charge in [0.15, 0.2) is 0 Å². The number of anilines is 1. The number of hydrogen-bond donors (Lipinski definition) is 1. The fourth-order valence-corrected chi connectivity index (χ4v) is 1.18. The number of benzene rings is 1. The highest BCUT2D eigenvalue weighted by atomic mass is 19.4. The number of nitrogens with one attached hydrogen (secondary N) is 1. The Hall–Kier alpha value is -1.78. The molecule has 0 aliphatic rings. The number of hydrogen-bond acceptors (Lipinski definition) is 1. The summed E-state index contributed by atoms with van der Waals surface area (Å²) >= 11 is 0. The van der Waals surface area contributed by atoms with Gasteiger partial charge in [0, 0.05) is 17.8 Å². The number of carbonyl (C=O) groups excluding carboxylic acids is 1. The Bertz CT molecular complexity index is 407. The number of aryl methyl sites for hydroxylation is 1. The lowest BCUT2D eigenvalue weighted by Crippen LogP contribution is -2.10. The molecule has 1 N–H and O–H groups in total. The van der Waals surface area contributed by atoms with Crippen LogP contribution in [0.5, 0.6) is 0 Å². The molecule has 0 atom stereocenters. The van der Waals surface area contributed by atoms with E-state index in [1.807, 2.05) is 19.1 Å². The fraction of sp³-hybridized carbons (Fsp3) is 0.250. The molecule has 1 amide bonds. The maximum Gasteiger partial charge on any atom is 0.409 e. The van der Waals surface area contributed by atoms with E-state index < -0.39 is 12.1 Å². The average molecular weight is 243 g/mol. The molecule has 1 aromatic carbocycles. The van der Waals surface area contributed by atoms with Gasteiger partial charge in [0.2, 0.25) is 5.91 Å². The van der Waals surface area contributed by atoms with E-state index in [-0.39, 0.29) is 6.08 Å². The third kappa shape index (κ3) is 5.19. The van der Waals surface area contributed by atoms with Crippen molar-refractivity contribution >= 4 is 11.6 Å². The van der Waals surface area contributed by atoms with E-state index in [1.54, 1.807) is 12.1 Å². The molecule has 5 heteroatoms. The van der Waals surface area contributed by atoms with Crippen molar-refractivity contribution in [1.82, 2.24) is 0 Å². The molecule has 0 saturated heterocycles. The van der Waals surface area contributed by atoms with Gasteiger partial charge in [-0.05, 0) is 24.1 Å². The Labute approximate surface area is 97.1 Å². The molecule has 92 valence electrons. The summed E-state index contributed by atoms with van der Waals surface area (Å²) in [6.45, 7) is 1.99. The zero-order chi connectivity index (χ0) is 12.9. The molecule has 1 rings (SSSR count). The van der Waals surface area contributed by atoms with Crippen LogP contribution in [-0.4, -0.2) is 12.1 Å². The number of allylic oxidation sites excluding steroid dienone is 1. The Morgan fingerprint density at radius 3 is 2.35 bits per heavy atom. The number of halogens is 3. The second-order valence-electron chi connectivity index (χ2n) is 3.41. The van der Waals surface area contributed by atoms with E-state index in [1.165, 1.54) is 0 Å². The zero-order valence-electron chi connectivity index (χ0n) is 9.21. The predicted molar refractivity (Wildman–Crippen MR) is 59.6 cm³/mol. The van der Waals surface area contributed by atoms with Gasteiger partial charge in [0.1, 0.15) is 0 Å². The van der Waals surface area contributed by atoms with E-state index in [0.717, 1.165) is 12.0 Å². The van der Waals surface area contributed by atoms with Crippen LogP contribution in [0.3, 0.4) is 0 Å².